The summed E-state index contributed by atoms with van der Waals surface area (Å²) in [5.74, 6) is 1.10. The van der Waals surface area contributed by atoms with Gasteiger partial charge in [0, 0.05) is 17.8 Å². The van der Waals surface area contributed by atoms with Gasteiger partial charge in [-0.15, -0.1) is 35.3 Å². The molecule has 3 rings (SSSR count). The largest absolute Gasteiger partial charge is 0.494 e. The SMILES string of the molecule is I.N=C(Nc1ccc(OCCCC(=O)Nc2ccccc2)cc1)c1cccs1. The number of halogens is 1. The molecule has 2 aromatic carbocycles. The molecule has 0 saturated heterocycles. The van der Waals surface area contributed by atoms with Crippen molar-refractivity contribution in [3.63, 3.8) is 0 Å². The summed E-state index contributed by atoms with van der Waals surface area (Å²) in [5, 5.41) is 15.9. The number of hydrogen-bond donors (Lipinski definition) is 3. The van der Waals surface area contributed by atoms with Gasteiger partial charge in [-0.2, -0.15) is 0 Å². The van der Waals surface area contributed by atoms with Gasteiger partial charge in [-0.3, -0.25) is 10.2 Å². The van der Waals surface area contributed by atoms with Crippen LogP contribution in [0.5, 0.6) is 5.75 Å². The molecule has 0 aliphatic heterocycles. The Kier molecular flexibility index (Phi) is 8.96. The zero-order valence-corrected chi connectivity index (χ0v) is 18.3. The number of nitrogens with one attached hydrogen (secondary N) is 3. The van der Waals surface area contributed by atoms with Gasteiger partial charge in [0.15, 0.2) is 0 Å². The third-order valence-electron chi connectivity index (χ3n) is 3.77. The van der Waals surface area contributed by atoms with E-state index >= 15 is 0 Å². The van der Waals surface area contributed by atoms with Crippen molar-refractivity contribution in [3.05, 3.63) is 77.0 Å². The number of rotatable bonds is 8. The van der Waals surface area contributed by atoms with Gasteiger partial charge in [0.25, 0.3) is 0 Å². The highest BCUT2D eigenvalue weighted by Crippen LogP contribution is 2.18. The molecule has 3 N–H and O–H groups in total. The minimum Gasteiger partial charge on any atom is -0.494 e. The van der Waals surface area contributed by atoms with E-state index in [1.165, 1.54) is 11.3 Å². The maximum atomic E-state index is 11.9. The number of anilines is 2. The molecule has 7 heteroatoms. The van der Waals surface area contributed by atoms with E-state index < -0.39 is 0 Å². The summed E-state index contributed by atoms with van der Waals surface area (Å²) in [4.78, 5) is 12.8. The molecule has 28 heavy (non-hydrogen) atoms. The number of amides is 1. The highest BCUT2D eigenvalue weighted by molar-refractivity contribution is 14.0. The van der Waals surface area contributed by atoms with Gasteiger partial charge in [-0.05, 0) is 54.3 Å². The van der Waals surface area contributed by atoms with E-state index in [0.717, 1.165) is 22.0 Å². The molecule has 0 aliphatic rings. The number of amidine groups is 1. The topological polar surface area (TPSA) is 74.2 Å². The van der Waals surface area contributed by atoms with Crippen LogP contribution < -0.4 is 15.4 Å². The second kappa shape index (κ2) is 11.5. The van der Waals surface area contributed by atoms with Gasteiger partial charge in [-0.1, -0.05) is 24.3 Å². The first kappa shape index (κ1) is 21.9. The van der Waals surface area contributed by atoms with Crippen LogP contribution in [-0.4, -0.2) is 18.3 Å². The lowest BCUT2D eigenvalue weighted by Crippen LogP contribution is -2.12. The smallest absolute Gasteiger partial charge is 0.224 e. The summed E-state index contributed by atoms with van der Waals surface area (Å²) in [6.45, 7) is 0.472. The Morgan fingerprint density at radius 1 is 0.929 bits per heavy atom. The summed E-state index contributed by atoms with van der Waals surface area (Å²) in [6, 6.07) is 20.7. The number of thiophene rings is 1. The van der Waals surface area contributed by atoms with E-state index in [2.05, 4.69) is 10.6 Å². The molecule has 0 aliphatic carbocycles. The highest BCUT2D eigenvalue weighted by Gasteiger charge is 2.04. The van der Waals surface area contributed by atoms with Crippen molar-refractivity contribution in [2.45, 2.75) is 12.8 Å². The van der Waals surface area contributed by atoms with Crippen molar-refractivity contribution >= 4 is 58.4 Å². The van der Waals surface area contributed by atoms with Crippen molar-refractivity contribution in [2.75, 3.05) is 17.2 Å². The van der Waals surface area contributed by atoms with Crippen LogP contribution in [0, 0.1) is 5.41 Å². The number of hydrogen-bond acceptors (Lipinski definition) is 4. The molecule has 5 nitrogen and oxygen atoms in total. The molecular formula is C21H22IN3O2S. The Balaban J connectivity index is 0.00000280. The first-order valence-electron chi connectivity index (χ1n) is 8.68. The molecule has 0 unspecified atom stereocenters. The number of para-hydroxylation sites is 1. The average Bonchev–Trinajstić information content (AvgIpc) is 3.22. The van der Waals surface area contributed by atoms with E-state index in [-0.39, 0.29) is 29.9 Å². The lowest BCUT2D eigenvalue weighted by molar-refractivity contribution is -0.116. The van der Waals surface area contributed by atoms with Crippen molar-refractivity contribution in [1.82, 2.24) is 0 Å². The minimum atomic E-state index is -0.0172. The van der Waals surface area contributed by atoms with Crippen molar-refractivity contribution in [3.8, 4) is 5.75 Å². The molecular weight excluding hydrogens is 485 g/mol. The van der Waals surface area contributed by atoms with Gasteiger partial charge in [0.1, 0.15) is 11.6 Å². The molecule has 0 radical (unpaired) electrons. The Morgan fingerprint density at radius 2 is 1.64 bits per heavy atom. The molecule has 3 aromatic rings. The standard InChI is InChI=1S/C21H21N3O2S.HI/c22-21(19-8-5-15-27-19)24-17-10-12-18(13-11-17)26-14-4-9-20(25)23-16-6-2-1-3-7-16;/h1-3,5-8,10-13,15H,4,9,14H2,(H2,22,24)(H,23,25);1H. The quantitative estimate of drug-likeness (QED) is 0.161. The van der Waals surface area contributed by atoms with Gasteiger partial charge < -0.3 is 15.4 Å². The highest BCUT2D eigenvalue weighted by atomic mass is 127. The lowest BCUT2D eigenvalue weighted by atomic mass is 10.2. The van der Waals surface area contributed by atoms with Gasteiger partial charge in [0.2, 0.25) is 5.91 Å². The molecule has 0 atom stereocenters. The van der Waals surface area contributed by atoms with E-state index in [0.29, 0.717) is 25.3 Å². The van der Waals surface area contributed by atoms with Crippen LogP contribution in [0.25, 0.3) is 0 Å². The fourth-order valence-corrected chi connectivity index (χ4v) is 3.06. The summed E-state index contributed by atoms with van der Waals surface area (Å²) >= 11 is 1.53. The number of benzene rings is 2. The third kappa shape index (κ3) is 6.97. The molecule has 0 bridgehead atoms. The van der Waals surface area contributed by atoms with E-state index in [1.807, 2.05) is 72.1 Å². The molecule has 0 spiro atoms. The molecule has 0 saturated carbocycles. The van der Waals surface area contributed by atoms with Crippen LogP contribution in [0.2, 0.25) is 0 Å². The first-order valence-corrected chi connectivity index (χ1v) is 9.56. The van der Waals surface area contributed by atoms with Crippen molar-refractivity contribution in [2.24, 2.45) is 0 Å². The Hall–Kier alpha value is -2.39. The molecule has 1 amide bonds. The fraction of sp³-hybridized carbons (Fsp3) is 0.143. The maximum absolute atomic E-state index is 11.9. The van der Waals surface area contributed by atoms with Crippen LogP contribution in [0.3, 0.4) is 0 Å². The number of ether oxygens (including phenoxy) is 1. The van der Waals surface area contributed by atoms with Crippen molar-refractivity contribution < 1.29 is 9.53 Å². The Labute approximate surface area is 185 Å². The Bertz CT molecular complexity index is 868. The van der Waals surface area contributed by atoms with Crippen molar-refractivity contribution in [1.29, 1.82) is 5.41 Å². The number of carbonyl (C=O) groups is 1. The second-order valence-corrected chi connectivity index (χ2v) is 6.82. The second-order valence-electron chi connectivity index (χ2n) is 5.87. The lowest BCUT2D eigenvalue weighted by Gasteiger charge is -2.09. The van der Waals surface area contributed by atoms with Crippen LogP contribution in [0.4, 0.5) is 11.4 Å². The zero-order chi connectivity index (χ0) is 18.9. The summed E-state index contributed by atoms with van der Waals surface area (Å²) in [7, 11) is 0. The predicted octanol–water partition coefficient (Wildman–Crippen LogP) is 5.60. The zero-order valence-electron chi connectivity index (χ0n) is 15.2. The molecule has 0 fully saturated rings. The van der Waals surface area contributed by atoms with Gasteiger partial charge in [-0.25, -0.2) is 0 Å². The van der Waals surface area contributed by atoms with E-state index in [4.69, 9.17) is 10.1 Å². The monoisotopic (exact) mass is 507 g/mol. The maximum Gasteiger partial charge on any atom is 0.224 e. The van der Waals surface area contributed by atoms with E-state index in [9.17, 15) is 4.79 Å². The molecule has 1 heterocycles. The normalized spacial score (nSPS) is 9.86. The first-order chi connectivity index (χ1) is 13.2. The van der Waals surface area contributed by atoms with Gasteiger partial charge in [0.05, 0.1) is 11.5 Å². The summed E-state index contributed by atoms with van der Waals surface area (Å²) in [5.41, 5.74) is 1.64. The third-order valence-corrected chi connectivity index (χ3v) is 4.65. The average molecular weight is 507 g/mol. The van der Waals surface area contributed by atoms with Crippen LogP contribution in [-0.2, 0) is 4.79 Å². The van der Waals surface area contributed by atoms with Crippen LogP contribution in [0.15, 0.2) is 72.1 Å². The van der Waals surface area contributed by atoms with E-state index in [1.54, 1.807) is 0 Å². The van der Waals surface area contributed by atoms with Crippen LogP contribution in [0.1, 0.15) is 17.7 Å². The summed E-state index contributed by atoms with van der Waals surface area (Å²) in [6.07, 6.45) is 1.05. The van der Waals surface area contributed by atoms with Gasteiger partial charge >= 0.3 is 0 Å². The number of carbonyl (C=O) groups excluding carboxylic acids is 1. The summed E-state index contributed by atoms with van der Waals surface area (Å²) < 4.78 is 5.68. The molecule has 146 valence electrons. The fourth-order valence-electron chi connectivity index (χ4n) is 2.43. The molecule has 1 aromatic heterocycles. The minimum absolute atomic E-state index is 0. The van der Waals surface area contributed by atoms with Crippen LogP contribution >= 0.6 is 35.3 Å². The Morgan fingerprint density at radius 3 is 2.32 bits per heavy atom. The predicted molar refractivity (Wildman–Crippen MR) is 126 cm³/mol.